The molecule has 72 valence electrons. The molecule has 4 heteroatoms. The Morgan fingerprint density at radius 2 is 2.23 bits per heavy atom. The van der Waals surface area contributed by atoms with E-state index in [9.17, 15) is 4.39 Å². The Bertz CT molecular complexity index is 304. The number of nitrogens with one attached hydrogen (secondary N) is 1. The Hall–Kier alpha value is -0.640. The summed E-state index contributed by atoms with van der Waals surface area (Å²) >= 11 is 5.85. The van der Waals surface area contributed by atoms with Gasteiger partial charge in [-0.25, -0.2) is 4.39 Å². The Kier molecular flexibility index (Phi) is 3.66. The predicted molar refractivity (Wildman–Crippen MR) is 50.1 cm³/mol. The molecule has 0 saturated carbocycles. The summed E-state index contributed by atoms with van der Waals surface area (Å²) in [6.07, 6.45) is 0. The van der Waals surface area contributed by atoms with Gasteiger partial charge in [-0.1, -0.05) is 11.6 Å². The smallest absolute Gasteiger partial charge is 0.126 e. The normalized spacial score (nSPS) is 10.5. The van der Waals surface area contributed by atoms with Crippen molar-refractivity contribution in [2.24, 2.45) is 0 Å². The molecule has 0 saturated heterocycles. The van der Waals surface area contributed by atoms with Gasteiger partial charge in [0.1, 0.15) is 5.82 Å². The van der Waals surface area contributed by atoms with Crippen molar-refractivity contribution in [2.45, 2.75) is 13.5 Å². The van der Waals surface area contributed by atoms with Crippen molar-refractivity contribution < 1.29 is 9.50 Å². The van der Waals surface area contributed by atoms with Gasteiger partial charge in [-0.3, -0.25) is 5.32 Å². The molecule has 0 fully saturated rings. The molecule has 2 N–H and O–H groups in total. The molecule has 0 spiro atoms. The van der Waals surface area contributed by atoms with Crippen molar-refractivity contribution in [1.82, 2.24) is 5.32 Å². The van der Waals surface area contributed by atoms with E-state index in [0.29, 0.717) is 22.7 Å². The van der Waals surface area contributed by atoms with Gasteiger partial charge in [0, 0.05) is 11.6 Å². The zero-order valence-electron chi connectivity index (χ0n) is 7.27. The van der Waals surface area contributed by atoms with E-state index >= 15 is 0 Å². The van der Waals surface area contributed by atoms with Gasteiger partial charge in [0.05, 0.1) is 6.73 Å². The van der Waals surface area contributed by atoms with E-state index in [2.05, 4.69) is 5.32 Å². The lowest BCUT2D eigenvalue weighted by molar-refractivity contribution is 0.259. The van der Waals surface area contributed by atoms with Gasteiger partial charge in [-0.05, 0) is 30.2 Å². The minimum absolute atomic E-state index is 0.147. The number of aliphatic hydroxyl groups is 1. The number of rotatable bonds is 3. The molecular weight excluding hydrogens is 193 g/mol. The lowest BCUT2D eigenvalue weighted by atomic mass is 10.1. The van der Waals surface area contributed by atoms with E-state index in [4.69, 9.17) is 16.7 Å². The van der Waals surface area contributed by atoms with Crippen LogP contribution in [0.2, 0.25) is 5.02 Å². The molecule has 2 nitrogen and oxygen atoms in total. The summed E-state index contributed by atoms with van der Waals surface area (Å²) in [6, 6.07) is 2.95. The van der Waals surface area contributed by atoms with Crippen LogP contribution in [0.3, 0.4) is 0 Å². The molecule has 1 aromatic carbocycles. The summed E-state index contributed by atoms with van der Waals surface area (Å²) in [4.78, 5) is 0. The number of hydrogen-bond donors (Lipinski definition) is 2. The van der Waals surface area contributed by atoms with Crippen LogP contribution < -0.4 is 5.32 Å². The third kappa shape index (κ3) is 2.66. The zero-order chi connectivity index (χ0) is 9.84. The fourth-order valence-corrected chi connectivity index (χ4v) is 1.30. The Labute approximate surface area is 81.3 Å². The van der Waals surface area contributed by atoms with Crippen molar-refractivity contribution in [1.29, 1.82) is 0 Å². The lowest BCUT2D eigenvalue weighted by Gasteiger charge is -2.06. The largest absolute Gasteiger partial charge is 0.381 e. The third-order valence-corrected chi connectivity index (χ3v) is 2.11. The van der Waals surface area contributed by atoms with E-state index < -0.39 is 0 Å². The van der Waals surface area contributed by atoms with E-state index in [1.165, 1.54) is 6.07 Å². The van der Waals surface area contributed by atoms with Crippen molar-refractivity contribution in [2.75, 3.05) is 6.73 Å². The predicted octanol–water partition coefficient (Wildman–Crippen LogP) is 1.83. The highest BCUT2D eigenvalue weighted by molar-refractivity contribution is 6.31. The highest BCUT2D eigenvalue weighted by atomic mass is 35.5. The molecule has 0 aliphatic carbocycles. The maximum Gasteiger partial charge on any atom is 0.126 e. The topological polar surface area (TPSA) is 32.3 Å². The highest BCUT2D eigenvalue weighted by Gasteiger charge is 2.04. The fourth-order valence-electron chi connectivity index (χ4n) is 1.01. The first kappa shape index (κ1) is 10.4. The first-order valence-electron chi connectivity index (χ1n) is 3.91. The highest BCUT2D eigenvalue weighted by Crippen LogP contribution is 2.19. The molecule has 0 atom stereocenters. The summed E-state index contributed by atoms with van der Waals surface area (Å²) in [5, 5.41) is 11.7. The van der Waals surface area contributed by atoms with Crippen LogP contribution in [0.15, 0.2) is 12.1 Å². The van der Waals surface area contributed by atoms with Crippen LogP contribution in [0.5, 0.6) is 0 Å². The molecule has 0 unspecified atom stereocenters. The molecule has 0 aromatic heterocycles. The minimum Gasteiger partial charge on any atom is -0.381 e. The van der Waals surface area contributed by atoms with Crippen LogP contribution in [0.25, 0.3) is 0 Å². The second kappa shape index (κ2) is 4.56. The average Bonchev–Trinajstić information content (AvgIpc) is 2.09. The fraction of sp³-hybridized carbons (Fsp3) is 0.333. The standard InChI is InChI=1S/C9H11ClFNO/c1-6-2-8(10)7(3-9(6)11)4-12-5-13/h2-3,12-13H,4-5H2,1H3. The number of halogens is 2. The van der Waals surface area contributed by atoms with E-state index in [-0.39, 0.29) is 12.5 Å². The molecule has 0 aliphatic rings. The SMILES string of the molecule is Cc1cc(Cl)c(CNCO)cc1F. The zero-order valence-corrected chi connectivity index (χ0v) is 8.03. The summed E-state index contributed by atoms with van der Waals surface area (Å²) in [5.41, 5.74) is 1.18. The molecular formula is C9H11ClFNO. The maximum atomic E-state index is 13.0. The quantitative estimate of drug-likeness (QED) is 0.735. The molecule has 0 radical (unpaired) electrons. The van der Waals surface area contributed by atoms with Crippen LogP contribution in [-0.2, 0) is 6.54 Å². The molecule has 1 rings (SSSR count). The van der Waals surface area contributed by atoms with Gasteiger partial charge >= 0.3 is 0 Å². The molecule has 0 heterocycles. The van der Waals surface area contributed by atoms with Crippen LogP contribution in [0.1, 0.15) is 11.1 Å². The van der Waals surface area contributed by atoms with Gasteiger partial charge < -0.3 is 5.11 Å². The number of aryl methyl sites for hydroxylation is 1. The van der Waals surface area contributed by atoms with Gasteiger partial charge in [-0.15, -0.1) is 0 Å². The third-order valence-electron chi connectivity index (χ3n) is 1.75. The Morgan fingerprint density at radius 3 is 2.85 bits per heavy atom. The first-order valence-corrected chi connectivity index (χ1v) is 4.29. The summed E-state index contributed by atoms with van der Waals surface area (Å²) in [5.74, 6) is -0.279. The van der Waals surface area contributed by atoms with Gasteiger partial charge in [0.25, 0.3) is 0 Å². The summed E-state index contributed by atoms with van der Waals surface area (Å²) in [6.45, 7) is 1.88. The molecule has 0 amide bonds. The molecule has 13 heavy (non-hydrogen) atoms. The first-order chi connectivity index (χ1) is 6.15. The summed E-state index contributed by atoms with van der Waals surface area (Å²) < 4.78 is 13.0. The van der Waals surface area contributed by atoms with Crippen LogP contribution in [0.4, 0.5) is 4.39 Å². The molecule has 1 aromatic rings. The van der Waals surface area contributed by atoms with Crippen LogP contribution in [-0.4, -0.2) is 11.8 Å². The second-order valence-corrected chi connectivity index (χ2v) is 3.18. The van der Waals surface area contributed by atoms with Gasteiger partial charge in [0.15, 0.2) is 0 Å². The number of aliphatic hydroxyl groups excluding tert-OH is 1. The minimum atomic E-state index is -0.279. The van der Waals surface area contributed by atoms with E-state index in [1.807, 2.05) is 0 Å². The maximum absolute atomic E-state index is 13.0. The van der Waals surface area contributed by atoms with Crippen LogP contribution in [0, 0.1) is 12.7 Å². The van der Waals surface area contributed by atoms with Gasteiger partial charge in [-0.2, -0.15) is 0 Å². The Morgan fingerprint density at radius 1 is 1.54 bits per heavy atom. The summed E-state index contributed by atoms with van der Waals surface area (Å²) in [7, 11) is 0. The van der Waals surface area contributed by atoms with Crippen molar-refractivity contribution in [3.05, 3.63) is 34.1 Å². The molecule has 0 bridgehead atoms. The van der Waals surface area contributed by atoms with Crippen molar-refractivity contribution in [3.63, 3.8) is 0 Å². The number of benzene rings is 1. The number of hydrogen-bond acceptors (Lipinski definition) is 2. The average molecular weight is 204 g/mol. The lowest BCUT2D eigenvalue weighted by Crippen LogP contribution is -2.14. The van der Waals surface area contributed by atoms with Crippen molar-refractivity contribution in [3.8, 4) is 0 Å². The monoisotopic (exact) mass is 203 g/mol. The van der Waals surface area contributed by atoms with Crippen molar-refractivity contribution >= 4 is 11.6 Å². The Balaban J connectivity index is 2.88. The molecule has 0 aliphatic heterocycles. The second-order valence-electron chi connectivity index (χ2n) is 2.78. The van der Waals surface area contributed by atoms with E-state index in [0.717, 1.165) is 0 Å². The van der Waals surface area contributed by atoms with E-state index in [1.54, 1.807) is 13.0 Å². The van der Waals surface area contributed by atoms with Crippen LogP contribution >= 0.6 is 11.6 Å². The van der Waals surface area contributed by atoms with Gasteiger partial charge in [0.2, 0.25) is 0 Å².